The van der Waals surface area contributed by atoms with E-state index in [1.165, 1.54) is 0 Å². The summed E-state index contributed by atoms with van der Waals surface area (Å²) in [7, 11) is 1.56. The second-order valence-corrected chi connectivity index (χ2v) is 7.58. The number of aromatic nitrogens is 1. The maximum absolute atomic E-state index is 13.1. The number of aromatic amines is 1. The van der Waals surface area contributed by atoms with Crippen LogP contribution < -0.4 is 4.74 Å². The van der Waals surface area contributed by atoms with Gasteiger partial charge in [0.25, 0.3) is 5.91 Å². The van der Waals surface area contributed by atoms with Crippen LogP contribution in [0.5, 0.6) is 5.75 Å². The molecule has 0 unspecified atom stereocenters. The van der Waals surface area contributed by atoms with Crippen molar-refractivity contribution in [1.82, 2.24) is 9.88 Å². The van der Waals surface area contributed by atoms with Crippen LogP contribution in [0.3, 0.4) is 0 Å². The van der Waals surface area contributed by atoms with Crippen LogP contribution in [0.25, 0.3) is 0 Å². The number of Topliss-reactive ketones (excluding diaryl/α,β-unsaturated/α-hetero) is 1. The van der Waals surface area contributed by atoms with E-state index < -0.39 is 5.97 Å². The standard InChI is InChI=1S/C23H30N2O5/c1-7-30-23(28)21-15(4)20(16(5)24-21)19(26)13-25(12-14(2)3)22(27)17-8-10-18(29-6)11-9-17/h8-11,14,24H,7,12-13H2,1-6H3. The Bertz CT molecular complexity index is 912. The molecule has 2 aromatic rings. The second kappa shape index (κ2) is 10.1. The van der Waals surface area contributed by atoms with Gasteiger partial charge in [-0.25, -0.2) is 4.79 Å². The van der Waals surface area contributed by atoms with Gasteiger partial charge in [0.05, 0.1) is 20.3 Å². The number of benzene rings is 1. The molecule has 0 atom stereocenters. The maximum atomic E-state index is 13.1. The molecular weight excluding hydrogens is 384 g/mol. The lowest BCUT2D eigenvalue weighted by atomic mass is 10.0. The molecule has 0 aliphatic rings. The number of carbonyl (C=O) groups is 3. The van der Waals surface area contributed by atoms with Crippen LogP contribution >= 0.6 is 0 Å². The Morgan fingerprint density at radius 2 is 1.73 bits per heavy atom. The number of H-pyrrole nitrogens is 1. The van der Waals surface area contributed by atoms with Crippen LogP contribution in [0.1, 0.15) is 63.2 Å². The van der Waals surface area contributed by atoms with Gasteiger partial charge in [-0.1, -0.05) is 13.8 Å². The summed E-state index contributed by atoms with van der Waals surface area (Å²) in [6.45, 7) is 9.76. The lowest BCUT2D eigenvalue weighted by Crippen LogP contribution is -2.38. The molecule has 7 nitrogen and oxygen atoms in total. The number of hydrogen-bond donors (Lipinski definition) is 1. The van der Waals surface area contributed by atoms with Crippen LogP contribution in [0.2, 0.25) is 0 Å². The number of amides is 1. The first kappa shape index (κ1) is 23.2. The summed E-state index contributed by atoms with van der Waals surface area (Å²) in [5.41, 5.74) is 2.31. The number of methoxy groups -OCH3 is 1. The fraction of sp³-hybridized carbons (Fsp3) is 0.435. The molecule has 1 aromatic carbocycles. The Morgan fingerprint density at radius 3 is 2.27 bits per heavy atom. The first-order valence-corrected chi connectivity index (χ1v) is 10.0. The number of ether oxygens (including phenoxy) is 2. The van der Waals surface area contributed by atoms with Crippen molar-refractivity contribution in [2.24, 2.45) is 5.92 Å². The van der Waals surface area contributed by atoms with Gasteiger partial charge in [0.15, 0.2) is 5.78 Å². The summed E-state index contributed by atoms with van der Waals surface area (Å²) in [5, 5.41) is 0. The third-order valence-electron chi connectivity index (χ3n) is 4.74. The predicted molar refractivity (Wildman–Crippen MR) is 114 cm³/mol. The van der Waals surface area contributed by atoms with E-state index in [9.17, 15) is 14.4 Å². The van der Waals surface area contributed by atoms with Gasteiger partial charge in [-0.2, -0.15) is 0 Å². The van der Waals surface area contributed by atoms with Gasteiger partial charge in [-0.3, -0.25) is 9.59 Å². The minimum Gasteiger partial charge on any atom is -0.497 e. The van der Waals surface area contributed by atoms with E-state index in [1.807, 2.05) is 13.8 Å². The fourth-order valence-corrected chi connectivity index (χ4v) is 3.40. The van der Waals surface area contributed by atoms with Crippen LogP contribution in [-0.4, -0.2) is 54.3 Å². The first-order chi connectivity index (χ1) is 14.2. The molecule has 0 aliphatic heterocycles. The van der Waals surface area contributed by atoms with Gasteiger partial charge in [-0.05, 0) is 56.5 Å². The van der Waals surface area contributed by atoms with E-state index in [2.05, 4.69) is 4.98 Å². The Kier molecular flexibility index (Phi) is 7.80. The zero-order chi connectivity index (χ0) is 22.4. The predicted octanol–water partition coefficient (Wildman–Crippen LogP) is 3.80. The SMILES string of the molecule is CCOC(=O)c1[nH]c(C)c(C(=O)CN(CC(C)C)C(=O)c2ccc(OC)cc2)c1C. The number of rotatable bonds is 9. The quantitative estimate of drug-likeness (QED) is 0.498. The van der Waals surface area contributed by atoms with Crippen molar-refractivity contribution in [2.45, 2.75) is 34.6 Å². The summed E-state index contributed by atoms with van der Waals surface area (Å²) in [6.07, 6.45) is 0. The highest BCUT2D eigenvalue weighted by Crippen LogP contribution is 2.21. The molecule has 0 bridgehead atoms. The molecule has 0 fully saturated rings. The van der Waals surface area contributed by atoms with Crippen molar-refractivity contribution in [3.63, 3.8) is 0 Å². The molecule has 0 saturated carbocycles. The van der Waals surface area contributed by atoms with Crippen LogP contribution in [0, 0.1) is 19.8 Å². The number of esters is 1. The highest BCUT2D eigenvalue weighted by Gasteiger charge is 2.26. The lowest BCUT2D eigenvalue weighted by Gasteiger charge is -2.24. The van der Waals surface area contributed by atoms with Crippen molar-refractivity contribution >= 4 is 17.7 Å². The molecule has 1 N–H and O–H groups in total. The first-order valence-electron chi connectivity index (χ1n) is 10.0. The average Bonchev–Trinajstić information content (AvgIpc) is 3.01. The summed E-state index contributed by atoms with van der Waals surface area (Å²) in [4.78, 5) is 42.8. The largest absolute Gasteiger partial charge is 0.497 e. The molecule has 0 spiro atoms. The summed E-state index contributed by atoms with van der Waals surface area (Å²) in [6, 6.07) is 6.80. The number of nitrogens with zero attached hydrogens (tertiary/aromatic N) is 1. The third-order valence-corrected chi connectivity index (χ3v) is 4.74. The number of nitrogens with one attached hydrogen (secondary N) is 1. The van der Waals surface area contributed by atoms with E-state index in [0.29, 0.717) is 34.7 Å². The normalized spacial score (nSPS) is 10.8. The highest BCUT2D eigenvalue weighted by atomic mass is 16.5. The molecule has 2 rings (SSSR count). The Morgan fingerprint density at radius 1 is 1.10 bits per heavy atom. The molecular formula is C23H30N2O5. The van der Waals surface area contributed by atoms with Crippen LogP contribution in [0.4, 0.5) is 0 Å². The zero-order valence-corrected chi connectivity index (χ0v) is 18.5. The second-order valence-electron chi connectivity index (χ2n) is 7.58. The molecule has 30 heavy (non-hydrogen) atoms. The molecule has 1 aromatic heterocycles. The topological polar surface area (TPSA) is 88.7 Å². The molecule has 162 valence electrons. The van der Waals surface area contributed by atoms with Crippen molar-refractivity contribution in [3.8, 4) is 5.75 Å². The number of ketones is 1. The minimum absolute atomic E-state index is 0.0785. The molecule has 0 saturated heterocycles. The monoisotopic (exact) mass is 414 g/mol. The van der Waals surface area contributed by atoms with Gasteiger partial charge in [0, 0.05) is 23.4 Å². The molecule has 1 amide bonds. The Balaban J connectivity index is 2.29. The van der Waals surface area contributed by atoms with E-state index >= 15 is 0 Å². The average molecular weight is 415 g/mol. The maximum Gasteiger partial charge on any atom is 0.355 e. The van der Waals surface area contributed by atoms with Crippen LogP contribution in [0.15, 0.2) is 24.3 Å². The summed E-state index contributed by atoms with van der Waals surface area (Å²) >= 11 is 0. The molecule has 7 heteroatoms. The molecule has 0 radical (unpaired) electrons. The minimum atomic E-state index is -0.495. The van der Waals surface area contributed by atoms with Gasteiger partial charge in [-0.15, -0.1) is 0 Å². The van der Waals surface area contributed by atoms with Crippen molar-refractivity contribution in [2.75, 3.05) is 26.8 Å². The Labute approximate surface area is 177 Å². The number of hydrogen-bond acceptors (Lipinski definition) is 5. The fourth-order valence-electron chi connectivity index (χ4n) is 3.40. The van der Waals surface area contributed by atoms with E-state index in [4.69, 9.17) is 9.47 Å². The third kappa shape index (κ3) is 5.28. The van der Waals surface area contributed by atoms with Crippen LogP contribution in [-0.2, 0) is 4.74 Å². The van der Waals surface area contributed by atoms with Gasteiger partial charge in [0.1, 0.15) is 11.4 Å². The highest BCUT2D eigenvalue weighted by molar-refractivity contribution is 6.05. The van der Waals surface area contributed by atoms with E-state index in [-0.39, 0.29) is 36.5 Å². The Hall–Kier alpha value is -3.09. The zero-order valence-electron chi connectivity index (χ0n) is 18.5. The van der Waals surface area contributed by atoms with E-state index in [1.54, 1.807) is 57.0 Å². The summed E-state index contributed by atoms with van der Waals surface area (Å²) in [5.74, 6) is -0.104. The number of carbonyl (C=O) groups excluding carboxylic acids is 3. The van der Waals surface area contributed by atoms with E-state index in [0.717, 1.165) is 0 Å². The molecule has 1 heterocycles. The smallest absolute Gasteiger partial charge is 0.355 e. The van der Waals surface area contributed by atoms with Crippen molar-refractivity contribution < 1.29 is 23.9 Å². The van der Waals surface area contributed by atoms with Gasteiger partial charge in [0.2, 0.25) is 0 Å². The number of aryl methyl sites for hydroxylation is 1. The van der Waals surface area contributed by atoms with Gasteiger partial charge >= 0.3 is 5.97 Å². The lowest BCUT2D eigenvalue weighted by molar-refractivity contribution is 0.0519. The van der Waals surface area contributed by atoms with Crippen molar-refractivity contribution in [1.29, 1.82) is 0 Å². The van der Waals surface area contributed by atoms with Crippen molar-refractivity contribution in [3.05, 3.63) is 52.3 Å². The van der Waals surface area contributed by atoms with Gasteiger partial charge < -0.3 is 19.4 Å². The molecule has 0 aliphatic carbocycles. The summed E-state index contributed by atoms with van der Waals surface area (Å²) < 4.78 is 10.2.